The van der Waals surface area contributed by atoms with E-state index in [-0.39, 0.29) is 5.82 Å². The fraction of sp³-hybridized carbons (Fsp3) is 0.571. The Balaban J connectivity index is 2.20. The smallest absolute Gasteiger partial charge is 0.165 e. The van der Waals surface area contributed by atoms with E-state index in [1.807, 2.05) is 12.1 Å². The maximum Gasteiger partial charge on any atom is 0.165 e. The van der Waals surface area contributed by atoms with E-state index in [1.165, 1.54) is 13.2 Å². The van der Waals surface area contributed by atoms with E-state index in [0.717, 1.165) is 38.2 Å². The van der Waals surface area contributed by atoms with Gasteiger partial charge in [-0.15, -0.1) is 0 Å². The van der Waals surface area contributed by atoms with Gasteiger partial charge in [0.2, 0.25) is 0 Å². The second kappa shape index (κ2) is 6.16. The van der Waals surface area contributed by atoms with E-state index in [0.29, 0.717) is 11.8 Å². The highest BCUT2D eigenvalue weighted by Crippen LogP contribution is 2.28. The Morgan fingerprint density at radius 3 is 2.72 bits per heavy atom. The van der Waals surface area contributed by atoms with Crippen LogP contribution in [0.1, 0.15) is 24.9 Å². The Kier molecular flexibility index (Phi) is 4.55. The van der Waals surface area contributed by atoms with Gasteiger partial charge >= 0.3 is 0 Å². The molecule has 1 atom stereocenters. The molecule has 4 heteroatoms. The van der Waals surface area contributed by atoms with Gasteiger partial charge < -0.3 is 10.1 Å². The number of methoxy groups -OCH3 is 1. The van der Waals surface area contributed by atoms with E-state index in [1.54, 1.807) is 0 Å². The number of piperazine rings is 1. The first-order chi connectivity index (χ1) is 8.76. The van der Waals surface area contributed by atoms with Crippen molar-refractivity contribution in [1.82, 2.24) is 10.2 Å². The summed E-state index contributed by atoms with van der Waals surface area (Å²) >= 11 is 0. The van der Waals surface area contributed by atoms with Gasteiger partial charge in [0, 0.05) is 32.2 Å². The van der Waals surface area contributed by atoms with Crippen LogP contribution in [0.2, 0.25) is 0 Å². The van der Waals surface area contributed by atoms with Gasteiger partial charge in [0.05, 0.1) is 7.11 Å². The second-order valence-electron chi connectivity index (χ2n) is 4.60. The minimum Gasteiger partial charge on any atom is -0.494 e. The number of rotatable bonds is 4. The Bertz CT molecular complexity index is 391. The molecule has 0 spiro atoms. The highest BCUT2D eigenvalue weighted by molar-refractivity contribution is 5.32. The number of hydrogen-bond acceptors (Lipinski definition) is 3. The fourth-order valence-corrected chi connectivity index (χ4v) is 2.58. The fourth-order valence-electron chi connectivity index (χ4n) is 2.58. The summed E-state index contributed by atoms with van der Waals surface area (Å²) in [5.74, 6) is 0.0394. The number of hydrogen-bond donors (Lipinski definition) is 1. The molecule has 3 nitrogen and oxygen atoms in total. The van der Waals surface area contributed by atoms with Gasteiger partial charge in [-0.25, -0.2) is 4.39 Å². The summed E-state index contributed by atoms with van der Waals surface area (Å²) in [6, 6.07) is 5.54. The first-order valence-electron chi connectivity index (χ1n) is 6.54. The Morgan fingerprint density at radius 1 is 1.39 bits per heavy atom. The Hall–Kier alpha value is -1.13. The molecule has 1 aromatic rings. The Labute approximate surface area is 108 Å². The predicted molar refractivity (Wildman–Crippen MR) is 70.4 cm³/mol. The van der Waals surface area contributed by atoms with Crippen molar-refractivity contribution in [3.63, 3.8) is 0 Å². The molecule has 0 aromatic heterocycles. The van der Waals surface area contributed by atoms with Crippen molar-refractivity contribution in [2.45, 2.75) is 19.4 Å². The van der Waals surface area contributed by atoms with Crippen molar-refractivity contribution < 1.29 is 9.13 Å². The van der Waals surface area contributed by atoms with E-state index in [9.17, 15) is 4.39 Å². The monoisotopic (exact) mass is 252 g/mol. The standard InChI is InChI=1S/C14H21FN2O/c1-3-13(17-8-6-16-7-9-17)11-4-5-12(15)14(10-11)18-2/h4-5,10,13,16H,3,6-9H2,1-2H3/t13-/m0/s1. The molecule has 1 heterocycles. The van der Waals surface area contributed by atoms with Crippen molar-refractivity contribution in [2.75, 3.05) is 33.3 Å². The van der Waals surface area contributed by atoms with Gasteiger partial charge in [-0.1, -0.05) is 13.0 Å². The molecule has 1 aliphatic rings. The molecule has 0 saturated carbocycles. The summed E-state index contributed by atoms with van der Waals surface area (Å²) < 4.78 is 18.5. The third kappa shape index (κ3) is 2.82. The summed E-state index contributed by atoms with van der Waals surface area (Å²) in [5, 5.41) is 3.35. The zero-order valence-corrected chi connectivity index (χ0v) is 11.1. The van der Waals surface area contributed by atoms with E-state index >= 15 is 0 Å². The van der Waals surface area contributed by atoms with E-state index in [4.69, 9.17) is 4.74 Å². The lowest BCUT2D eigenvalue weighted by molar-refractivity contribution is 0.169. The van der Waals surface area contributed by atoms with Gasteiger partial charge in [0.15, 0.2) is 11.6 Å². The Morgan fingerprint density at radius 2 is 2.11 bits per heavy atom. The first-order valence-corrected chi connectivity index (χ1v) is 6.54. The zero-order chi connectivity index (χ0) is 13.0. The first kappa shape index (κ1) is 13.3. The molecule has 1 saturated heterocycles. The van der Waals surface area contributed by atoms with Crippen molar-refractivity contribution >= 4 is 0 Å². The van der Waals surface area contributed by atoms with Crippen LogP contribution in [0.5, 0.6) is 5.75 Å². The molecule has 1 N–H and O–H groups in total. The van der Waals surface area contributed by atoms with Gasteiger partial charge in [-0.3, -0.25) is 4.90 Å². The number of nitrogens with zero attached hydrogens (tertiary/aromatic N) is 1. The van der Waals surface area contributed by atoms with Crippen LogP contribution >= 0.6 is 0 Å². The second-order valence-corrected chi connectivity index (χ2v) is 4.60. The highest BCUT2D eigenvalue weighted by Gasteiger charge is 2.21. The molecular formula is C14H21FN2O. The van der Waals surface area contributed by atoms with Crippen molar-refractivity contribution in [2.24, 2.45) is 0 Å². The summed E-state index contributed by atoms with van der Waals surface area (Å²) in [4.78, 5) is 2.45. The van der Waals surface area contributed by atoms with Crippen LogP contribution in [0, 0.1) is 5.82 Å². The molecule has 0 radical (unpaired) electrons. The highest BCUT2D eigenvalue weighted by atomic mass is 19.1. The number of benzene rings is 1. The van der Waals surface area contributed by atoms with Gasteiger partial charge in [-0.05, 0) is 24.1 Å². The SMILES string of the molecule is CC[C@@H](c1ccc(F)c(OC)c1)N1CCNCC1. The molecule has 100 valence electrons. The van der Waals surface area contributed by atoms with Crippen LogP contribution in [0.25, 0.3) is 0 Å². The molecule has 0 amide bonds. The minimum absolute atomic E-state index is 0.295. The summed E-state index contributed by atoms with van der Waals surface area (Å²) in [5.41, 5.74) is 1.14. The summed E-state index contributed by atoms with van der Waals surface area (Å²) in [6.07, 6.45) is 1.02. The van der Waals surface area contributed by atoms with Crippen LogP contribution in [-0.4, -0.2) is 38.2 Å². The normalized spacial score (nSPS) is 18.6. The number of nitrogens with one attached hydrogen (secondary N) is 1. The molecule has 1 aromatic carbocycles. The van der Waals surface area contributed by atoms with Gasteiger partial charge in [0.1, 0.15) is 0 Å². The van der Waals surface area contributed by atoms with Gasteiger partial charge in [0.25, 0.3) is 0 Å². The lowest BCUT2D eigenvalue weighted by atomic mass is 10.0. The maximum absolute atomic E-state index is 13.4. The molecule has 2 rings (SSSR count). The average molecular weight is 252 g/mol. The maximum atomic E-state index is 13.4. The van der Waals surface area contributed by atoms with E-state index < -0.39 is 0 Å². The van der Waals surface area contributed by atoms with Crippen molar-refractivity contribution in [3.8, 4) is 5.75 Å². The van der Waals surface area contributed by atoms with Crippen molar-refractivity contribution in [3.05, 3.63) is 29.6 Å². The van der Waals surface area contributed by atoms with Crippen LogP contribution in [-0.2, 0) is 0 Å². The average Bonchev–Trinajstić information content (AvgIpc) is 2.42. The molecule has 0 aliphatic carbocycles. The molecule has 0 unspecified atom stereocenters. The summed E-state index contributed by atoms with van der Waals surface area (Å²) in [7, 11) is 1.51. The molecule has 18 heavy (non-hydrogen) atoms. The lowest BCUT2D eigenvalue weighted by Gasteiger charge is -2.34. The molecule has 1 fully saturated rings. The molecule has 1 aliphatic heterocycles. The third-order valence-electron chi connectivity index (χ3n) is 3.54. The van der Waals surface area contributed by atoms with Crippen molar-refractivity contribution in [1.29, 1.82) is 0 Å². The van der Waals surface area contributed by atoms with Crippen LogP contribution in [0.4, 0.5) is 4.39 Å². The zero-order valence-electron chi connectivity index (χ0n) is 11.1. The van der Waals surface area contributed by atoms with E-state index in [2.05, 4.69) is 17.1 Å². The summed E-state index contributed by atoms with van der Waals surface area (Å²) in [6.45, 7) is 6.29. The van der Waals surface area contributed by atoms with Crippen LogP contribution < -0.4 is 10.1 Å². The predicted octanol–water partition coefficient (Wildman–Crippen LogP) is 2.19. The quantitative estimate of drug-likeness (QED) is 0.889. The van der Waals surface area contributed by atoms with Crippen LogP contribution in [0.15, 0.2) is 18.2 Å². The third-order valence-corrected chi connectivity index (χ3v) is 3.54. The molecular weight excluding hydrogens is 231 g/mol. The number of ether oxygens (including phenoxy) is 1. The minimum atomic E-state index is -0.295. The number of halogens is 1. The van der Waals surface area contributed by atoms with Gasteiger partial charge in [-0.2, -0.15) is 0 Å². The molecule has 0 bridgehead atoms. The van der Waals surface area contributed by atoms with Crippen LogP contribution in [0.3, 0.4) is 0 Å². The largest absolute Gasteiger partial charge is 0.494 e. The lowest BCUT2D eigenvalue weighted by Crippen LogP contribution is -2.45. The topological polar surface area (TPSA) is 24.5 Å².